The van der Waals surface area contributed by atoms with E-state index in [1.54, 1.807) is 0 Å². The van der Waals surface area contributed by atoms with E-state index in [9.17, 15) is 0 Å². The summed E-state index contributed by atoms with van der Waals surface area (Å²) >= 11 is 1.91. The highest BCUT2D eigenvalue weighted by Crippen LogP contribution is 2.48. The van der Waals surface area contributed by atoms with E-state index in [0.29, 0.717) is 17.5 Å². The molecule has 0 aliphatic heterocycles. The Hall–Kier alpha value is -6.75. The normalized spacial score (nSPS) is 11.8. The number of rotatable bonds is 4. The van der Waals surface area contributed by atoms with Crippen LogP contribution >= 0.6 is 11.3 Å². The maximum atomic E-state index is 5.11. The van der Waals surface area contributed by atoms with E-state index in [1.807, 2.05) is 47.7 Å². The summed E-state index contributed by atoms with van der Waals surface area (Å²) in [6.07, 6.45) is 0. The fraction of sp³-hybridized carbons (Fsp3) is 0. The van der Waals surface area contributed by atoms with Crippen molar-refractivity contribution < 1.29 is 0 Å². The van der Waals surface area contributed by atoms with Gasteiger partial charge in [-0.15, -0.1) is 11.3 Å². The molecule has 0 atom stereocenters. The van der Waals surface area contributed by atoms with Crippen molar-refractivity contribution in [2.75, 3.05) is 0 Å². The molecular weight excluding hydrogens is 663 g/mol. The summed E-state index contributed by atoms with van der Waals surface area (Å²) in [5.41, 5.74) is 5.32. The Morgan fingerprint density at radius 2 is 0.849 bits per heavy atom. The topological polar surface area (TPSA) is 38.7 Å². The molecule has 0 fully saturated rings. The van der Waals surface area contributed by atoms with Crippen molar-refractivity contribution in [2.24, 2.45) is 0 Å². The van der Waals surface area contributed by atoms with Gasteiger partial charge < -0.3 is 0 Å². The maximum absolute atomic E-state index is 5.11. The van der Waals surface area contributed by atoms with E-state index in [-0.39, 0.29) is 0 Å². The average molecular weight is 692 g/mol. The summed E-state index contributed by atoms with van der Waals surface area (Å²) in [6.45, 7) is 0. The van der Waals surface area contributed by atoms with Gasteiger partial charge in [0.2, 0.25) is 0 Å². The third-order valence-corrected chi connectivity index (χ3v) is 11.6. The highest BCUT2D eigenvalue weighted by molar-refractivity contribution is 7.27. The molecule has 0 aliphatic carbocycles. The average Bonchev–Trinajstić information content (AvgIpc) is 3.60. The summed E-state index contributed by atoms with van der Waals surface area (Å²) in [5.74, 6) is 1.97. The molecule has 53 heavy (non-hydrogen) atoms. The zero-order valence-corrected chi connectivity index (χ0v) is 29.3. The van der Waals surface area contributed by atoms with Gasteiger partial charge in [0.25, 0.3) is 0 Å². The molecule has 0 spiro atoms. The van der Waals surface area contributed by atoms with Crippen LogP contribution in [0.5, 0.6) is 0 Å². The molecular formula is C49H29N3S. The van der Waals surface area contributed by atoms with E-state index < -0.39 is 0 Å². The van der Waals surface area contributed by atoms with E-state index in [1.165, 1.54) is 63.6 Å². The van der Waals surface area contributed by atoms with Crippen molar-refractivity contribution in [3.05, 3.63) is 176 Å². The lowest BCUT2D eigenvalue weighted by molar-refractivity contribution is 1.08. The monoisotopic (exact) mass is 691 g/mol. The standard InChI is InChI=1S/C49H29N3S/c1-3-14-31(15-4-1)47-50-48(32-16-5-2-6-17-32)52-49(51-47)40-26-25-39(37-21-11-12-22-38(37)40)41-28-35-24-23-30-13-9-10-20-36(30)44(35)46-45(41)42-27-33-18-7-8-19-34(33)29-43(42)53-46/h1-29H. The van der Waals surface area contributed by atoms with Crippen molar-refractivity contribution in [2.45, 2.75) is 0 Å². The summed E-state index contributed by atoms with van der Waals surface area (Å²) in [7, 11) is 0. The Balaban J connectivity index is 1.21. The van der Waals surface area contributed by atoms with Crippen molar-refractivity contribution in [1.29, 1.82) is 0 Å². The van der Waals surface area contributed by atoms with Gasteiger partial charge in [-0.1, -0.05) is 152 Å². The van der Waals surface area contributed by atoms with Crippen LogP contribution in [0, 0.1) is 0 Å². The van der Waals surface area contributed by atoms with E-state index in [4.69, 9.17) is 15.0 Å². The van der Waals surface area contributed by atoms with Gasteiger partial charge in [0.15, 0.2) is 17.5 Å². The van der Waals surface area contributed by atoms with Crippen LogP contribution < -0.4 is 0 Å². The smallest absolute Gasteiger partial charge is 0.164 e. The zero-order chi connectivity index (χ0) is 34.9. The molecule has 2 heterocycles. The molecule has 2 aromatic heterocycles. The van der Waals surface area contributed by atoms with Crippen LogP contribution in [0.15, 0.2) is 176 Å². The maximum Gasteiger partial charge on any atom is 0.164 e. The predicted molar refractivity (Wildman–Crippen MR) is 224 cm³/mol. The van der Waals surface area contributed by atoms with E-state index in [0.717, 1.165) is 27.5 Å². The van der Waals surface area contributed by atoms with Gasteiger partial charge in [-0.25, -0.2) is 15.0 Å². The largest absolute Gasteiger partial charge is 0.208 e. The molecule has 11 aromatic rings. The Morgan fingerprint density at radius 3 is 1.55 bits per heavy atom. The number of nitrogens with zero attached hydrogens (tertiary/aromatic N) is 3. The fourth-order valence-corrected chi connectivity index (χ4v) is 9.31. The molecule has 0 saturated carbocycles. The Kier molecular flexibility index (Phi) is 6.73. The van der Waals surface area contributed by atoms with Crippen molar-refractivity contribution >= 4 is 74.6 Å². The van der Waals surface area contributed by atoms with Crippen molar-refractivity contribution in [3.63, 3.8) is 0 Å². The van der Waals surface area contributed by atoms with Crippen molar-refractivity contribution in [1.82, 2.24) is 15.0 Å². The lowest BCUT2D eigenvalue weighted by Crippen LogP contribution is -2.00. The number of fused-ring (bicyclic) bond motifs is 9. The first-order valence-corrected chi connectivity index (χ1v) is 18.7. The van der Waals surface area contributed by atoms with Gasteiger partial charge in [0, 0.05) is 42.2 Å². The summed E-state index contributed by atoms with van der Waals surface area (Å²) in [4.78, 5) is 15.2. The number of benzene rings is 9. The van der Waals surface area contributed by atoms with Gasteiger partial charge in [-0.05, 0) is 73.1 Å². The van der Waals surface area contributed by atoms with E-state index >= 15 is 0 Å². The molecule has 11 rings (SSSR count). The van der Waals surface area contributed by atoms with Gasteiger partial charge in [0.1, 0.15) is 0 Å². The second-order valence-corrected chi connectivity index (χ2v) is 14.6. The molecule has 0 radical (unpaired) electrons. The quantitative estimate of drug-likeness (QED) is 0.172. The van der Waals surface area contributed by atoms with Gasteiger partial charge >= 0.3 is 0 Å². The Bertz CT molecular complexity index is 3160. The van der Waals surface area contributed by atoms with Crippen LogP contribution in [0.1, 0.15) is 0 Å². The van der Waals surface area contributed by atoms with Crippen LogP contribution in [0.25, 0.3) is 109 Å². The van der Waals surface area contributed by atoms with E-state index in [2.05, 4.69) is 140 Å². The number of aromatic nitrogens is 3. The van der Waals surface area contributed by atoms with Crippen molar-refractivity contribution in [3.8, 4) is 45.3 Å². The van der Waals surface area contributed by atoms with Crippen LogP contribution in [-0.4, -0.2) is 15.0 Å². The Labute approximate surface area is 309 Å². The molecule has 0 bridgehead atoms. The predicted octanol–water partition coefficient (Wildman–Crippen LogP) is 13.5. The molecule has 0 saturated heterocycles. The van der Waals surface area contributed by atoms with Crippen LogP contribution in [0.2, 0.25) is 0 Å². The lowest BCUT2D eigenvalue weighted by Gasteiger charge is -2.15. The summed E-state index contributed by atoms with van der Waals surface area (Å²) in [6, 6.07) is 62.7. The molecule has 3 nitrogen and oxygen atoms in total. The molecule has 4 heteroatoms. The highest BCUT2D eigenvalue weighted by atomic mass is 32.1. The summed E-state index contributed by atoms with van der Waals surface area (Å²) in [5, 5.41) is 12.5. The first-order valence-electron chi connectivity index (χ1n) is 17.9. The van der Waals surface area contributed by atoms with Gasteiger partial charge in [-0.3, -0.25) is 0 Å². The minimum absolute atomic E-state index is 0.656. The fourth-order valence-electron chi connectivity index (χ4n) is 7.99. The third kappa shape index (κ3) is 4.84. The molecule has 0 unspecified atom stereocenters. The third-order valence-electron chi connectivity index (χ3n) is 10.5. The molecule has 0 N–H and O–H groups in total. The van der Waals surface area contributed by atoms with Crippen LogP contribution in [0.4, 0.5) is 0 Å². The summed E-state index contributed by atoms with van der Waals surface area (Å²) < 4.78 is 2.62. The lowest BCUT2D eigenvalue weighted by atomic mass is 9.89. The minimum Gasteiger partial charge on any atom is -0.208 e. The van der Waals surface area contributed by atoms with Gasteiger partial charge in [-0.2, -0.15) is 0 Å². The second kappa shape index (κ2) is 11.9. The highest BCUT2D eigenvalue weighted by Gasteiger charge is 2.21. The first kappa shape index (κ1) is 29.9. The first-order chi connectivity index (χ1) is 26.3. The van der Waals surface area contributed by atoms with Crippen LogP contribution in [-0.2, 0) is 0 Å². The molecule has 246 valence electrons. The SMILES string of the molecule is c1ccc(-c2nc(-c3ccccc3)nc(-c3ccc(-c4cc5ccc6ccccc6c5c5sc6cc7ccccc7cc6c45)c4ccccc34)n2)cc1. The number of hydrogen-bond acceptors (Lipinski definition) is 4. The second-order valence-electron chi connectivity index (χ2n) is 13.6. The number of thiophene rings is 1. The Morgan fingerprint density at radius 1 is 0.321 bits per heavy atom. The molecule has 0 amide bonds. The van der Waals surface area contributed by atoms with Crippen LogP contribution in [0.3, 0.4) is 0 Å². The molecule has 0 aliphatic rings. The number of hydrogen-bond donors (Lipinski definition) is 0. The molecule has 9 aromatic carbocycles. The van der Waals surface area contributed by atoms with Gasteiger partial charge in [0.05, 0.1) is 0 Å². The minimum atomic E-state index is 0.656. The zero-order valence-electron chi connectivity index (χ0n) is 28.5.